The number of hydrogen-bond acceptors (Lipinski definition) is 1. The number of likely N-dealkylation sites (tertiary alicyclic amines) is 1. The van der Waals surface area contributed by atoms with Crippen molar-refractivity contribution in [3.8, 4) is 0 Å². The zero-order valence-corrected chi connectivity index (χ0v) is 10.1. The largest absolute Gasteiger partial charge is 0.297 e. The molecule has 0 unspecified atom stereocenters. The highest BCUT2D eigenvalue weighted by Gasteiger charge is 2.18. The molecule has 1 aliphatic rings. The zero-order chi connectivity index (χ0) is 9.97. The van der Waals surface area contributed by atoms with Gasteiger partial charge in [-0.05, 0) is 50.6 Å². The van der Waals surface area contributed by atoms with Crippen LogP contribution in [0.25, 0.3) is 0 Å². The third-order valence-corrected chi connectivity index (χ3v) is 3.51. The van der Waals surface area contributed by atoms with Gasteiger partial charge in [0.25, 0.3) is 0 Å². The summed E-state index contributed by atoms with van der Waals surface area (Å²) in [5, 5.41) is 0. The molecular formula is C12H16BrN. The van der Waals surface area contributed by atoms with Crippen LogP contribution in [0.2, 0.25) is 0 Å². The predicted molar refractivity (Wildman–Crippen MR) is 63.4 cm³/mol. The summed E-state index contributed by atoms with van der Waals surface area (Å²) in [6.07, 6.45) is 2.72. The lowest BCUT2D eigenvalue weighted by Gasteiger charge is -2.24. The van der Waals surface area contributed by atoms with Crippen molar-refractivity contribution in [2.45, 2.75) is 25.8 Å². The molecule has 2 heteroatoms. The molecule has 1 saturated heterocycles. The number of nitrogens with zero attached hydrogens (tertiary/aromatic N) is 1. The van der Waals surface area contributed by atoms with Gasteiger partial charge in [-0.25, -0.2) is 0 Å². The summed E-state index contributed by atoms with van der Waals surface area (Å²) < 4.78 is 1.18. The summed E-state index contributed by atoms with van der Waals surface area (Å²) in [4.78, 5) is 2.56. The SMILES string of the molecule is C[C@@H](c1cccc(Br)c1)N1CCCC1. The van der Waals surface area contributed by atoms with E-state index < -0.39 is 0 Å². The molecule has 1 aliphatic heterocycles. The van der Waals surface area contributed by atoms with E-state index >= 15 is 0 Å². The summed E-state index contributed by atoms with van der Waals surface area (Å²) in [6, 6.07) is 9.21. The molecule has 1 atom stereocenters. The third-order valence-electron chi connectivity index (χ3n) is 3.02. The molecule has 0 aromatic heterocycles. The van der Waals surface area contributed by atoms with Gasteiger partial charge in [-0.2, -0.15) is 0 Å². The van der Waals surface area contributed by atoms with Crippen molar-refractivity contribution in [3.05, 3.63) is 34.3 Å². The van der Waals surface area contributed by atoms with E-state index in [4.69, 9.17) is 0 Å². The summed E-state index contributed by atoms with van der Waals surface area (Å²) in [5.41, 5.74) is 1.42. The molecule has 76 valence electrons. The maximum Gasteiger partial charge on any atom is 0.0320 e. The van der Waals surface area contributed by atoms with Crippen molar-refractivity contribution in [3.63, 3.8) is 0 Å². The van der Waals surface area contributed by atoms with Crippen molar-refractivity contribution in [2.75, 3.05) is 13.1 Å². The smallest absolute Gasteiger partial charge is 0.0320 e. The van der Waals surface area contributed by atoms with Gasteiger partial charge < -0.3 is 0 Å². The maximum atomic E-state index is 3.52. The van der Waals surface area contributed by atoms with Crippen molar-refractivity contribution in [1.29, 1.82) is 0 Å². The lowest BCUT2D eigenvalue weighted by Crippen LogP contribution is -2.23. The number of hydrogen-bond donors (Lipinski definition) is 0. The van der Waals surface area contributed by atoms with Gasteiger partial charge in [0, 0.05) is 10.5 Å². The van der Waals surface area contributed by atoms with Crippen LogP contribution in [0.3, 0.4) is 0 Å². The van der Waals surface area contributed by atoms with E-state index in [9.17, 15) is 0 Å². The van der Waals surface area contributed by atoms with E-state index in [-0.39, 0.29) is 0 Å². The highest BCUT2D eigenvalue weighted by molar-refractivity contribution is 9.10. The highest BCUT2D eigenvalue weighted by Crippen LogP contribution is 2.26. The first-order valence-electron chi connectivity index (χ1n) is 5.27. The van der Waals surface area contributed by atoms with E-state index in [0.29, 0.717) is 6.04 Å². The first-order chi connectivity index (χ1) is 6.77. The van der Waals surface area contributed by atoms with E-state index in [1.54, 1.807) is 0 Å². The number of halogens is 1. The molecule has 1 fully saturated rings. The van der Waals surface area contributed by atoms with Crippen LogP contribution in [0, 0.1) is 0 Å². The van der Waals surface area contributed by atoms with Crippen LogP contribution in [-0.2, 0) is 0 Å². The molecule has 1 nitrogen and oxygen atoms in total. The lowest BCUT2D eigenvalue weighted by molar-refractivity contribution is 0.263. The Morgan fingerprint density at radius 1 is 1.29 bits per heavy atom. The minimum Gasteiger partial charge on any atom is -0.297 e. The molecule has 1 aromatic carbocycles. The topological polar surface area (TPSA) is 3.24 Å². The van der Waals surface area contributed by atoms with Gasteiger partial charge in [-0.1, -0.05) is 28.1 Å². The molecular weight excluding hydrogens is 238 g/mol. The van der Waals surface area contributed by atoms with Gasteiger partial charge in [0.1, 0.15) is 0 Å². The summed E-state index contributed by atoms with van der Waals surface area (Å²) >= 11 is 3.52. The molecule has 2 rings (SSSR count). The Morgan fingerprint density at radius 2 is 2.00 bits per heavy atom. The minimum absolute atomic E-state index is 0.565. The molecule has 0 saturated carbocycles. The van der Waals surface area contributed by atoms with Crippen LogP contribution in [0.5, 0.6) is 0 Å². The van der Waals surface area contributed by atoms with Gasteiger partial charge in [-0.3, -0.25) is 4.90 Å². The Hall–Kier alpha value is -0.340. The quantitative estimate of drug-likeness (QED) is 0.779. The van der Waals surface area contributed by atoms with Crippen LogP contribution in [0.15, 0.2) is 28.7 Å². The van der Waals surface area contributed by atoms with Crippen molar-refractivity contribution in [1.82, 2.24) is 4.90 Å². The van der Waals surface area contributed by atoms with E-state index in [1.165, 1.54) is 36.0 Å². The zero-order valence-electron chi connectivity index (χ0n) is 8.54. The Labute approximate surface area is 94.2 Å². The molecule has 1 heterocycles. The molecule has 0 N–H and O–H groups in total. The lowest BCUT2D eigenvalue weighted by atomic mass is 10.1. The van der Waals surface area contributed by atoms with Crippen molar-refractivity contribution in [2.24, 2.45) is 0 Å². The fourth-order valence-corrected chi connectivity index (χ4v) is 2.52. The second kappa shape index (κ2) is 4.45. The average Bonchev–Trinajstić information content (AvgIpc) is 2.69. The van der Waals surface area contributed by atoms with E-state index in [0.717, 1.165) is 0 Å². The highest BCUT2D eigenvalue weighted by atomic mass is 79.9. The third kappa shape index (κ3) is 2.18. The number of benzene rings is 1. The Kier molecular flexibility index (Phi) is 3.24. The fourth-order valence-electron chi connectivity index (χ4n) is 2.11. The predicted octanol–water partition coefficient (Wildman–Crippen LogP) is 3.61. The summed E-state index contributed by atoms with van der Waals surface area (Å²) in [6.45, 7) is 4.81. The maximum absolute atomic E-state index is 3.52. The minimum atomic E-state index is 0.565. The van der Waals surface area contributed by atoms with Gasteiger partial charge in [0.15, 0.2) is 0 Å². The molecule has 0 aliphatic carbocycles. The molecule has 14 heavy (non-hydrogen) atoms. The van der Waals surface area contributed by atoms with Crippen LogP contribution < -0.4 is 0 Å². The first kappa shape index (κ1) is 10.2. The van der Waals surface area contributed by atoms with E-state index in [1.807, 2.05) is 0 Å². The summed E-state index contributed by atoms with van der Waals surface area (Å²) in [5.74, 6) is 0. The fraction of sp³-hybridized carbons (Fsp3) is 0.500. The van der Waals surface area contributed by atoms with Gasteiger partial charge in [0.2, 0.25) is 0 Å². The van der Waals surface area contributed by atoms with Gasteiger partial charge >= 0.3 is 0 Å². The Morgan fingerprint density at radius 3 is 2.64 bits per heavy atom. The molecule has 0 bridgehead atoms. The standard InChI is InChI=1S/C12H16BrN/c1-10(14-7-2-3-8-14)11-5-4-6-12(13)9-11/h4-6,9-10H,2-3,7-8H2,1H3/t10-/m0/s1. The second-order valence-electron chi connectivity index (χ2n) is 3.97. The summed E-state index contributed by atoms with van der Waals surface area (Å²) in [7, 11) is 0. The average molecular weight is 254 g/mol. The monoisotopic (exact) mass is 253 g/mol. The van der Waals surface area contributed by atoms with Crippen molar-refractivity contribution >= 4 is 15.9 Å². The molecule has 0 amide bonds. The van der Waals surface area contributed by atoms with Gasteiger partial charge in [0.05, 0.1) is 0 Å². The van der Waals surface area contributed by atoms with Crippen LogP contribution >= 0.6 is 15.9 Å². The number of rotatable bonds is 2. The van der Waals surface area contributed by atoms with E-state index in [2.05, 4.69) is 52.0 Å². The normalized spacial score (nSPS) is 19.9. The van der Waals surface area contributed by atoms with Crippen LogP contribution in [-0.4, -0.2) is 18.0 Å². The molecule has 1 aromatic rings. The van der Waals surface area contributed by atoms with Crippen LogP contribution in [0.4, 0.5) is 0 Å². The second-order valence-corrected chi connectivity index (χ2v) is 4.89. The molecule has 0 radical (unpaired) electrons. The van der Waals surface area contributed by atoms with Gasteiger partial charge in [-0.15, -0.1) is 0 Å². The van der Waals surface area contributed by atoms with Crippen molar-refractivity contribution < 1.29 is 0 Å². The Bertz CT molecular complexity index is 305. The first-order valence-corrected chi connectivity index (χ1v) is 6.06. The Balaban J connectivity index is 2.13. The molecule has 0 spiro atoms. The van der Waals surface area contributed by atoms with Crippen LogP contribution in [0.1, 0.15) is 31.4 Å².